The van der Waals surface area contributed by atoms with E-state index in [2.05, 4.69) is 28.6 Å². The van der Waals surface area contributed by atoms with E-state index in [9.17, 15) is 4.79 Å². The van der Waals surface area contributed by atoms with Gasteiger partial charge in [0.05, 0.1) is 18.4 Å². The number of methoxy groups -OCH3 is 1. The van der Waals surface area contributed by atoms with E-state index in [1.165, 1.54) is 11.8 Å². The van der Waals surface area contributed by atoms with Crippen LogP contribution in [0.4, 0.5) is 0 Å². The summed E-state index contributed by atoms with van der Waals surface area (Å²) in [5.41, 5.74) is 3.79. The predicted octanol–water partition coefficient (Wildman–Crippen LogP) is 4.46. The number of rotatable bonds is 7. The van der Waals surface area contributed by atoms with Crippen molar-refractivity contribution in [2.75, 3.05) is 12.9 Å². The van der Waals surface area contributed by atoms with E-state index in [4.69, 9.17) is 4.74 Å². The van der Waals surface area contributed by atoms with Crippen LogP contribution in [-0.2, 0) is 7.05 Å². The second-order valence-corrected chi connectivity index (χ2v) is 7.97. The Hall–Kier alpha value is -2.54. The molecule has 0 radical (unpaired) electrons. The number of carbonyl (C=O) groups excluding carboxylic acids is 1. The SMILES string of the molecule is COc1ccccc1-c1nnc(SCC(=O)c2cc(C)n(C(C)C)c2C)n1C. The van der Waals surface area contributed by atoms with Crippen LogP contribution in [0.5, 0.6) is 5.75 Å². The van der Waals surface area contributed by atoms with Gasteiger partial charge < -0.3 is 13.9 Å². The summed E-state index contributed by atoms with van der Waals surface area (Å²) in [7, 11) is 3.54. The van der Waals surface area contributed by atoms with Crippen LogP contribution >= 0.6 is 11.8 Å². The van der Waals surface area contributed by atoms with Crippen molar-refractivity contribution < 1.29 is 9.53 Å². The van der Waals surface area contributed by atoms with E-state index in [0.717, 1.165) is 28.3 Å². The highest BCUT2D eigenvalue weighted by atomic mass is 32.2. The van der Waals surface area contributed by atoms with Gasteiger partial charge in [-0.05, 0) is 45.9 Å². The first-order valence-corrected chi connectivity index (χ1v) is 10.2. The van der Waals surface area contributed by atoms with Crippen molar-refractivity contribution in [2.24, 2.45) is 7.05 Å². The largest absolute Gasteiger partial charge is 0.496 e. The molecule has 0 spiro atoms. The molecule has 0 unspecified atom stereocenters. The van der Waals surface area contributed by atoms with Crippen molar-refractivity contribution in [3.05, 3.63) is 47.3 Å². The maximum Gasteiger partial charge on any atom is 0.191 e. The quantitative estimate of drug-likeness (QED) is 0.434. The average molecular weight is 399 g/mol. The molecule has 3 aromatic rings. The van der Waals surface area contributed by atoms with Gasteiger partial charge in [-0.3, -0.25) is 4.79 Å². The number of aromatic nitrogens is 4. The normalized spacial score (nSPS) is 11.2. The van der Waals surface area contributed by atoms with Crippen LogP contribution in [0.25, 0.3) is 11.4 Å². The van der Waals surface area contributed by atoms with Crippen LogP contribution in [0.15, 0.2) is 35.5 Å². The standard InChI is InChI=1S/C21H26N4O2S/c1-13(2)25-14(3)11-17(15(25)4)18(26)12-28-21-23-22-20(24(21)5)16-9-7-8-10-19(16)27-6/h7-11,13H,12H2,1-6H3. The average Bonchev–Trinajstić information content (AvgIpc) is 3.18. The summed E-state index contributed by atoms with van der Waals surface area (Å²) in [6.45, 7) is 8.30. The Morgan fingerprint density at radius 1 is 1.21 bits per heavy atom. The molecule has 0 atom stereocenters. The second-order valence-electron chi connectivity index (χ2n) is 7.03. The number of thioether (sulfide) groups is 1. The molecule has 2 aromatic heterocycles. The molecule has 0 fully saturated rings. The minimum Gasteiger partial charge on any atom is -0.496 e. The van der Waals surface area contributed by atoms with Crippen LogP contribution in [0.3, 0.4) is 0 Å². The molecule has 0 N–H and O–H groups in total. The van der Waals surface area contributed by atoms with Crippen molar-refractivity contribution in [3.8, 4) is 17.1 Å². The van der Waals surface area contributed by atoms with Crippen LogP contribution in [0, 0.1) is 13.8 Å². The number of nitrogens with zero attached hydrogens (tertiary/aromatic N) is 4. The van der Waals surface area contributed by atoms with Crippen LogP contribution < -0.4 is 4.74 Å². The first-order valence-electron chi connectivity index (χ1n) is 9.22. The Balaban J connectivity index is 1.79. The van der Waals surface area contributed by atoms with Gasteiger partial charge in [-0.2, -0.15) is 0 Å². The first-order chi connectivity index (χ1) is 13.3. The molecule has 6 nitrogen and oxygen atoms in total. The monoisotopic (exact) mass is 398 g/mol. The number of benzene rings is 1. The number of hydrogen-bond acceptors (Lipinski definition) is 5. The van der Waals surface area contributed by atoms with E-state index in [1.807, 2.05) is 55.8 Å². The number of para-hydroxylation sites is 1. The number of hydrogen-bond donors (Lipinski definition) is 0. The third-order valence-electron chi connectivity index (χ3n) is 4.82. The molecule has 2 heterocycles. The van der Waals surface area contributed by atoms with E-state index >= 15 is 0 Å². The highest BCUT2D eigenvalue weighted by Gasteiger charge is 2.19. The van der Waals surface area contributed by atoms with Gasteiger partial charge in [-0.1, -0.05) is 23.9 Å². The van der Waals surface area contributed by atoms with Crippen LogP contribution in [0.1, 0.15) is 41.6 Å². The molecule has 3 rings (SSSR count). The molecule has 0 saturated carbocycles. The van der Waals surface area contributed by atoms with Crippen molar-refractivity contribution in [2.45, 2.75) is 38.9 Å². The van der Waals surface area contributed by atoms with E-state index < -0.39 is 0 Å². The number of Topliss-reactive ketones (excluding diaryl/α,β-unsaturated/α-hetero) is 1. The summed E-state index contributed by atoms with van der Waals surface area (Å²) < 4.78 is 9.51. The number of aryl methyl sites for hydroxylation is 1. The molecule has 0 bridgehead atoms. The van der Waals surface area contributed by atoms with Gasteiger partial charge in [0.1, 0.15) is 5.75 Å². The molecule has 0 saturated heterocycles. The summed E-state index contributed by atoms with van der Waals surface area (Å²) in [5, 5.41) is 9.27. The zero-order valence-electron chi connectivity index (χ0n) is 17.2. The van der Waals surface area contributed by atoms with Crippen molar-refractivity contribution >= 4 is 17.5 Å². The Bertz CT molecular complexity index is 1000. The van der Waals surface area contributed by atoms with Gasteiger partial charge in [-0.25, -0.2) is 0 Å². The van der Waals surface area contributed by atoms with Crippen molar-refractivity contribution in [1.29, 1.82) is 0 Å². The molecule has 0 aliphatic heterocycles. The lowest BCUT2D eigenvalue weighted by molar-refractivity contribution is 0.102. The number of carbonyl (C=O) groups is 1. The van der Waals surface area contributed by atoms with E-state index in [-0.39, 0.29) is 5.78 Å². The highest BCUT2D eigenvalue weighted by Crippen LogP contribution is 2.30. The summed E-state index contributed by atoms with van der Waals surface area (Å²) in [6, 6.07) is 10.0. The van der Waals surface area contributed by atoms with Crippen molar-refractivity contribution in [1.82, 2.24) is 19.3 Å². The zero-order valence-corrected chi connectivity index (χ0v) is 18.0. The summed E-state index contributed by atoms with van der Waals surface area (Å²) in [4.78, 5) is 12.8. The fraction of sp³-hybridized carbons (Fsp3) is 0.381. The minimum absolute atomic E-state index is 0.104. The number of ether oxygens (including phenoxy) is 1. The molecule has 0 aliphatic rings. The fourth-order valence-electron chi connectivity index (χ4n) is 3.57. The molecule has 0 amide bonds. The summed E-state index contributed by atoms with van der Waals surface area (Å²) in [5.74, 6) is 1.88. The molecule has 0 aliphatic carbocycles. The highest BCUT2D eigenvalue weighted by molar-refractivity contribution is 7.99. The predicted molar refractivity (Wildman–Crippen MR) is 112 cm³/mol. The molecular formula is C21H26N4O2S. The van der Waals surface area contributed by atoms with Crippen LogP contribution in [-0.4, -0.2) is 38.0 Å². The lowest BCUT2D eigenvalue weighted by atomic mass is 10.2. The Morgan fingerprint density at radius 2 is 1.93 bits per heavy atom. The third kappa shape index (κ3) is 3.71. The van der Waals surface area contributed by atoms with Gasteiger partial charge in [0, 0.05) is 30.0 Å². The fourth-order valence-corrected chi connectivity index (χ4v) is 4.36. The van der Waals surface area contributed by atoms with Gasteiger partial charge in [-0.15, -0.1) is 10.2 Å². The maximum atomic E-state index is 12.8. The Morgan fingerprint density at radius 3 is 2.57 bits per heavy atom. The Kier molecular flexibility index (Phi) is 5.93. The van der Waals surface area contributed by atoms with Gasteiger partial charge >= 0.3 is 0 Å². The molecule has 148 valence electrons. The lowest BCUT2D eigenvalue weighted by Crippen LogP contribution is -2.08. The van der Waals surface area contributed by atoms with Gasteiger partial charge in [0.2, 0.25) is 0 Å². The molecule has 1 aromatic carbocycles. The topological polar surface area (TPSA) is 61.9 Å². The summed E-state index contributed by atoms with van der Waals surface area (Å²) >= 11 is 1.40. The lowest BCUT2D eigenvalue weighted by Gasteiger charge is -2.13. The summed E-state index contributed by atoms with van der Waals surface area (Å²) in [6.07, 6.45) is 0. The molecule has 28 heavy (non-hydrogen) atoms. The van der Waals surface area contributed by atoms with Gasteiger partial charge in [0.15, 0.2) is 16.8 Å². The Labute approximate surface area is 169 Å². The number of ketones is 1. The second kappa shape index (κ2) is 8.22. The van der Waals surface area contributed by atoms with Crippen LogP contribution in [0.2, 0.25) is 0 Å². The van der Waals surface area contributed by atoms with Gasteiger partial charge in [0.25, 0.3) is 0 Å². The van der Waals surface area contributed by atoms with Crippen molar-refractivity contribution in [3.63, 3.8) is 0 Å². The smallest absolute Gasteiger partial charge is 0.191 e. The van der Waals surface area contributed by atoms with E-state index in [1.54, 1.807) is 7.11 Å². The van der Waals surface area contributed by atoms with E-state index in [0.29, 0.717) is 22.8 Å². The maximum absolute atomic E-state index is 12.8. The molecule has 7 heteroatoms. The third-order valence-corrected chi connectivity index (χ3v) is 5.84. The molecular weight excluding hydrogens is 372 g/mol. The minimum atomic E-state index is 0.104. The zero-order chi connectivity index (χ0) is 20.4. The first kappa shape index (κ1) is 20.2.